The Morgan fingerprint density at radius 3 is 1.49 bits per heavy atom. The van der Waals surface area contributed by atoms with Crippen LogP contribution in [0.1, 0.15) is 159 Å². The zero-order valence-corrected chi connectivity index (χ0v) is 33.6. The summed E-state index contributed by atoms with van der Waals surface area (Å²) in [6, 6.07) is 22.1. The maximum absolute atomic E-state index is 12.5. The van der Waals surface area contributed by atoms with Crippen LogP contribution < -0.4 is 13.7 Å². The predicted octanol–water partition coefficient (Wildman–Crippen LogP) is 14.3. The first kappa shape index (κ1) is 55.9. The number of pyridine rings is 3. The van der Waals surface area contributed by atoms with Crippen LogP contribution in [-0.2, 0) is 20.4 Å². The molecule has 0 aliphatic heterocycles. The Hall–Kier alpha value is -3.80. The van der Waals surface area contributed by atoms with Crippen molar-refractivity contribution in [2.45, 2.75) is 149 Å². The summed E-state index contributed by atoms with van der Waals surface area (Å²) in [4.78, 5) is 0. The molecule has 0 radical (unpaired) electrons. The van der Waals surface area contributed by atoms with E-state index in [-0.39, 0.29) is 26.8 Å². The second kappa shape index (κ2) is 29.6. The van der Waals surface area contributed by atoms with Gasteiger partial charge in [-0.15, -0.1) is 17.7 Å². The molecule has 0 atom stereocenters. The van der Waals surface area contributed by atoms with Gasteiger partial charge in [-0.1, -0.05) is 149 Å². The quantitative estimate of drug-likeness (QED) is 0.163. The lowest BCUT2D eigenvalue weighted by Crippen LogP contribution is -2.46. The van der Waals surface area contributed by atoms with Crippen LogP contribution in [0.25, 0.3) is 21.7 Å². The molecule has 3 aromatic heterocycles. The van der Waals surface area contributed by atoms with Crippen molar-refractivity contribution in [1.82, 2.24) is 0 Å². The number of aromatic nitrogens is 3. The van der Waals surface area contributed by atoms with Crippen LogP contribution in [0.4, 0.5) is 13.2 Å². The molecule has 0 saturated carbocycles. The molecule has 5 rings (SSSR count). The van der Waals surface area contributed by atoms with Gasteiger partial charge in [0.2, 0.25) is 5.52 Å². The van der Waals surface area contributed by atoms with Gasteiger partial charge < -0.3 is 0 Å². The van der Waals surface area contributed by atoms with Crippen LogP contribution in [0.15, 0.2) is 97.7 Å². The number of hydrogen-bond donors (Lipinski definition) is 0. The van der Waals surface area contributed by atoms with E-state index in [2.05, 4.69) is 156 Å². The van der Waals surface area contributed by atoms with E-state index >= 15 is 0 Å². The highest BCUT2D eigenvalue weighted by Crippen LogP contribution is 2.23. The van der Waals surface area contributed by atoms with Gasteiger partial charge in [-0.25, -0.2) is 9.13 Å². The van der Waals surface area contributed by atoms with Gasteiger partial charge in [0.05, 0.1) is 0 Å². The number of hydrogen-bond acceptors (Lipinski definition) is 0. The van der Waals surface area contributed by atoms with Gasteiger partial charge in [0, 0.05) is 41.1 Å². The Balaban J connectivity index is -0.000000303. The minimum absolute atomic E-state index is 0. The molecule has 0 saturated heterocycles. The summed E-state index contributed by atoms with van der Waals surface area (Å²) in [5.41, 5.74) is 5.26. The number of aryl methyl sites for hydroxylation is 2. The minimum atomic E-state index is -4.36. The standard InChI is InChI=1S/C13H13F3N.C13H16N.C9H14N.3C3H8.3CH4/c1-9(2)10-3-4-12-8-17(13(14,15)16)6-5-11(12)7-10;1-10(2)11-8-9-14(3)13-7-5-4-6-12(11)13;1-8(2)9-4-6-10(3)7-5-9;3*1-3-2;;;/h3-9H,1-2H3;4-10H,1-3H3;4-8H,1-3H3;3*3H2,1-2H3;3*1H4/q3*+1;;;;;;. The van der Waals surface area contributed by atoms with Gasteiger partial charge in [-0.3, -0.25) is 0 Å². The van der Waals surface area contributed by atoms with Gasteiger partial charge in [-0.05, 0) is 52.0 Å². The van der Waals surface area contributed by atoms with Crippen molar-refractivity contribution in [3.05, 3.63) is 114 Å². The molecule has 5 aromatic rings. The fraction of sp³-hybridized carbons (Fsp3) is 0.511. The number of rotatable bonds is 3. The van der Waals surface area contributed by atoms with E-state index in [1.165, 1.54) is 47.4 Å². The molecule has 0 aliphatic rings. The van der Waals surface area contributed by atoms with Gasteiger partial charge in [0.1, 0.15) is 14.1 Å². The van der Waals surface area contributed by atoms with Crippen LogP contribution in [0.5, 0.6) is 0 Å². The number of halogens is 3. The molecule has 3 nitrogen and oxygen atoms in total. The SMILES string of the molecule is C.C.C.CC(C)c1cc[n+](C)c2ccccc12.CC(C)c1cc[n+](C)cc1.CC(C)c1ccc2c[n+](C(F)(F)F)ccc2c1.CCC.CCC.CCC. The van der Waals surface area contributed by atoms with E-state index < -0.39 is 6.30 Å². The second-order valence-corrected chi connectivity index (χ2v) is 13.5. The molecule has 0 N–H and O–H groups in total. The fourth-order valence-corrected chi connectivity index (χ4v) is 4.51. The number of benzene rings is 2. The topological polar surface area (TPSA) is 11.6 Å². The maximum atomic E-state index is 12.5. The highest BCUT2D eigenvalue weighted by Gasteiger charge is 2.41. The first-order chi connectivity index (χ1) is 23.5. The van der Waals surface area contributed by atoms with Crippen LogP contribution >= 0.6 is 0 Å². The largest absolute Gasteiger partial charge is 0.637 e. The predicted molar refractivity (Wildman–Crippen MR) is 229 cm³/mol. The van der Waals surface area contributed by atoms with E-state index in [4.69, 9.17) is 0 Å². The molecule has 3 heterocycles. The third kappa shape index (κ3) is 20.9. The number of alkyl halides is 3. The molecule has 0 unspecified atom stereocenters. The van der Waals surface area contributed by atoms with Crippen molar-refractivity contribution in [1.29, 1.82) is 0 Å². The summed E-state index contributed by atoms with van der Waals surface area (Å²) in [5, 5.41) is 2.79. The van der Waals surface area contributed by atoms with Crippen molar-refractivity contribution in [2.75, 3.05) is 0 Å². The Kier molecular flexibility index (Phi) is 31.3. The van der Waals surface area contributed by atoms with Crippen molar-refractivity contribution >= 4 is 21.7 Å². The van der Waals surface area contributed by atoms with E-state index in [1.54, 1.807) is 6.07 Å². The van der Waals surface area contributed by atoms with Crippen LogP contribution in [0.3, 0.4) is 0 Å². The normalized spacial score (nSPS) is 9.89. The third-order valence-electron chi connectivity index (χ3n) is 7.13. The molecule has 6 heteroatoms. The number of para-hydroxylation sites is 1. The first-order valence-corrected chi connectivity index (χ1v) is 18.4. The Morgan fingerprint density at radius 2 is 1.04 bits per heavy atom. The number of nitrogens with zero attached hydrogens (tertiary/aromatic N) is 3. The van der Waals surface area contributed by atoms with Crippen molar-refractivity contribution in [3.63, 3.8) is 0 Å². The zero-order chi connectivity index (χ0) is 38.4. The average molecular weight is 743 g/mol. The summed E-state index contributed by atoms with van der Waals surface area (Å²) < 4.78 is 41.9. The van der Waals surface area contributed by atoms with E-state index in [9.17, 15) is 13.2 Å². The van der Waals surface area contributed by atoms with Gasteiger partial charge >= 0.3 is 6.30 Å². The van der Waals surface area contributed by atoms with Crippen LogP contribution in [0, 0.1) is 0 Å². The molecule has 0 spiro atoms. The molecule has 0 aliphatic carbocycles. The highest BCUT2D eigenvalue weighted by molar-refractivity contribution is 5.81. The Labute approximate surface area is 324 Å². The minimum Gasteiger partial charge on any atom is -0.208 e. The molecule has 0 amide bonds. The van der Waals surface area contributed by atoms with E-state index in [0.29, 0.717) is 23.1 Å². The molecule has 0 fully saturated rings. The monoisotopic (exact) mass is 743 g/mol. The smallest absolute Gasteiger partial charge is 0.208 e. The lowest BCUT2D eigenvalue weighted by Gasteiger charge is -2.07. The van der Waals surface area contributed by atoms with E-state index in [1.807, 2.05) is 23.7 Å². The molecule has 2 aromatic carbocycles. The summed E-state index contributed by atoms with van der Waals surface area (Å²) in [6.07, 6.45) is 7.85. The lowest BCUT2D eigenvalue weighted by atomic mass is 9.99. The molecule has 0 bridgehead atoms. The zero-order valence-electron chi connectivity index (χ0n) is 33.6. The Morgan fingerprint density at radius 1 is 0.547 bits per heavy atom. The summed E-state index contributed by atoms with van der Waals surface area (Å²) >= 11 is 0. The van der Waals surface area contributed by atoms with E-state index in [0.717, 1.165) is 23.3 Å². The van der Waals surface area contributed by atoms with Crippen molar-refractivity contribution < 1.29 is 26.9 Å². The molecule has 300 valence electrons. The molecular weight excluding hydrogens is 664 g/mol. The first-order valence-electron chi connectivity index (χ1n) is 18.4. The summed E-state index contributed by atoms with van der Waals surface area (Å²) in [5.74, 6) is 1.59. The molecule has 53 heavy (non-hydrogen) atoms. The van der Waals surface area contributed by atoms with Crippen molar-refractivity contribution in [2.24, 2.45) is 14.1 Å². The third-order valence-corrected chi connectivity index (χ3v) is 7.13. The van der Waals surface area contributed by atoms with Crippen LogP contribution in [-0.4, -0.2) is 0 Å². The second-order valence-electron chi connectivity index (χ2n) is 13.5. The highest BCUT2D eigenvalue weighted by atomic mass is 19.4. The summed E-state index contributed by atoms with van der Waals surface area (Å²) in [6.45, 7) is 25.7. The number of fused-ring (bicyclic) bond motifs is 2. The fourth-order valence-electron chi connectivity index (χ4n) is 4.51. The summed E-state index contributed by atoms with van der Waals surface area (Å²) in [7, 11) is 4.12. The average Bonchev–Trinajstić information content (AvgIpc) is 3.06. The Bertz CT molecular complexity index is 1620. The van der Waals surface area contributed by atoms with Gasteiger partial charge in [0.25, 0.3) is 0 Å². The van der Waals surface area contributed by atoms with Gasteiger partial charge in [0.15, 0.2) is 31.0 Å². The van der Waals surface area contributed by atoms with Crippen LogP contribution in [0.2, 0.25) is 0 Å². The molecular formula is C47H79F3N3+3. The van der Waals surface area contributed by atoms with Gasteiger partial charge in [-0.2, -0.15) is 0 Å². The van der Waals surface area contributed by atoms with Crippen molar-refractivity contribution in [3.8, 4) is 0 Å². The lowest BCUT2D eigenvalue weighted by molar-refractivity contribution is -0.854. The maximum Gasteiger partial charge on any atom is 0.637 e.